The predicted molar refractivity (Wildman–Crippen MR) is 117 cm³/mol. The Balaban J connectivity index is 1.50. The maximum Gasteiger partial charge on any atom is 0.225 e. The second kappa shape index (κ2) is 10.2. The van der Waals surface area contributed by atoms with E-state index in [9.17, 15) is 4.79 Å². The van der Waals surface area contributed by atoms with Gasteiger partial charge in [-0.3, -0.25) is 14.6 Å². The third-order valence-electron chi connectivity index (χ3n) is 6.08. The van der Waals surface area contributed by atoms with Gasteiger partial charge in [0.25, 0.3) is 0 Å². The Morgan fingerprint density at radius 1 is 1.24 bits per heavy atom. The molecule has 6 nitrogen and oxygen atoms in total. The zero-order chi connectivity index (χ0) is 20.8. The Morgan fingerprint density at radius 2 is 1.90 bits per heavy atom. The quantitative estimate of drug-likeness (QED) is 0.629. The van der Waals surface area contributed by atoms with E-state index in [0.29, 0.717) is 43.3 Å². The van der Waals surface area contributed by atoms with Crippen molar-refractivity contribution in [3.05, 3.63) is 18.0 Å². The van der Waals surface area contributed by atoms with Gasteiger partial charge in [-0.05, 0) is 46.7 Å². The molecule has 2 unspecified atom stereocenters. The van der Waals surface area contributed by atoms with E-state index in [1.807, 2.05) is 26.4 Å². The van der Waals surface area contributed by atoms with E-state index in [1.165, 1.54) is 12.8 Å². The molecule has 158 valence electrons. The number of carbonyl (C=O) groups excluding carboxylic acids is 1. The van der Waals surface area contributed by atoms with Crippen molar-refractivity contribution < 1.29 is 4.79 Å². The number of rotatable bonds is 8. The van der Waals surface area contributed by atoms with Crippen LogP contribution in [-0.4, -0.2) is 76.9 Å². The van der Waals surface area contributed by atoms with Gasteiger partial charge >= 0.3 is 0 Å². The van der Waals surface area contributed by atoms with Crippen LogP contribution in [-0.2, 0) is 4.79 Å². The number of carbonyl (C=O) groups is 1. The number of hydrogen-bond acceptors (Lipinski definition) is 6. The molecule has 6 heteroatoms. The second-order valence-electron chi connectivity index (χ2n) is 8.65. The van der Waals surface area contributed by atoms with E-state index < -0.39 is 0 Å². The number of Topliss-reactive ketones (excluding diaryl/α,β-unsaturated/α-hetero) is 1. The monoisotopic (exact) mass is 397 g/mol. The minimum Gasteiger partial charge on any atom is -0.332 e. The lowest BCUT2D eigenvalue weighted by Crippen LogP contribution is -2.56. The molecule has 0 aromatic carbocycles. The molecule has 0 aliphatic carbocycles. The van der Waals surface area contributed by atoms with Gasteiger partial charge in [0.15, 0.2) is 0 Å². The smallest absolute Gasteiger partial charge is 0.225 e. The highest BCUT2D eigenvalue weighted by Gasteiger charge is 2.41. The van der Waals surface area contributed by atoms with E-state index in [4.69, 9.17) is 0 Å². The van der Waals surface area contributed by atoms with Gasteiger partial charge in [0.05, 0.1) is 12.1 Å². The van der Waals surface area contributed by atoms with Gasteiger partial charge in [-0.2, -0.15) is 0 Å². The van der Waals surface area contributed by atoms with Crippen molar-refractivity contribution in [3.63, 3.8) is 0 Å². The molecule has 0 saturated carbocycles. The number of likely N-dealkylation sites (tertiary alicyclic amines) is 1. The first-order valence-corrected chi connectivity index (χ1v) is 11.0. The molecular weight excluding hydrogens is 362 g/mol. The Morgan fingerprint density at radius 3 is 2.48 bits per heavy atom. The first-order valence-electron chi connectivity index (χ1n) is 11.0. The normalized spacial score (nSPS) is 21.5. The van der Waals surface area contributed by atoms with Crippen LogP contribution in [0.15, 0.2) is 12.4 Å². The van der Waals surface area contributed by atoms with Crippen LogP contribution in [0.1, 0.15) is 58.4 Å². The highest BCUT2D eigenvalue weighted by molar-refractivity contribution is 5.77. The number of anilines is 1. The zero-order valence-electron chi connectivity index (χ0n) is 18.4. The van der Waals surface area contributed by atoms with Crippen LogP contribution in [0.25, 0.3) is 0 Å². The second-order valence-corrected chi connectivity index (χ2v) is 8.65. The Labute approximate surface area is 175 Å². The van der Waals surface area contributed by atoms with Crippen LogP contribution in [0.2, 0.25) is 0 Å². The average molecular weight is 398 g/mol. The molecule has 3 rings (SSSR count). The maximum absolute atomic E-state index is 11.4. The molecule has 2 aliphatic rings. The molecular formula is C23H35N5O. The summed E-state index contributed by atoms with van der Waals surface area (Å²) >= 11 is 0. The number of fused-ring (bicyclic) bond motifs is 2. The molecule has 1 aromatic rings. The van der Waals surface area contributed by atoms with Crippen LogP contribution >= 0.6 is 0 Å². The van der Waals surface area contributed by atoms with Crippen LogP contribution in [0, 0.1) is 11.8 Å². The lowest BCUT2D eigenvalue weighted by molar-refractivity contribution is -0.118. The van der Waals surface area contributed by atoms with Gasteiger partial charge in [0.1, 0.15) is 5.78 Å². The van der Waals surface area contributed by atoms with Gasteiger partial charge in [-0.15, -0.1) is 0 Å². The molecule has 2 fully saturated rings. The average Bonchev–Trinajstić information content (AvgIpc) is 2.97. The van der Waals surface area contributed by atoms with Crippen molar-refractivity contribution in [3.8, 4) is 11.8 Å². The minimum absolute atomic E-state index is 0.334. The van der Waals surface area contributed by atoms with Crippen LogP contribution in [0.4, 0.5) is 5.95 Å². The first-order chi connectivity index (χ1) is 14.0. The van der Waals surface area contributed by atoms with E-state index in [2.05, 4.69) is 50.4 Å². The van der Waals surface area contributed by atoms with Crippen LogP contribution < -0.4 is 4.90 Å². The Hall–Kier alpha value is -1.97. The molecule has 2 bridgehead atoms. The number of ketones is 1. The number of nitrogens with zero attached hydrogens (tertiary/aromatic N) is 5. The van der Waals surface area contributed by atoms with Crippen molar-refractivity contribution in [1.82, 2.24) is 19.8 Å². The molecule has 29 heavy (non-hydrogen) atoms. The van der Waals surface area contributed by atoms with Gasteiger partial charge in [0, 0.05) is 56.5 Å². The molecule has 2 saturated heterocycles. The highest BCUT2D eigenvalue weighted by Crippen LogP contribution is 2.33. The summed E-state index contributed by atoms with van der Waals surface area (Å²) in [6.07, 6.45) is 8.36. The maximum atomic E-state index is 11.4. The SMILES string of the molecule is CCC(=O)CCCN(C)CC#Cc1cnc(N2C3CCC2CN(C(C)C)C3)nc1. The van der Waals surface area contributed by atoms with Crippen LogP contribution in [0.5, 0.6) is 0 Å². The summed E-state index contributed by atoms with van der Waals surface area (Å²) < 4.78 is 0. The van der Waals surface area contributed by atoms with Crippen molar-refractivity contribution in [2.24, 2.45) is 0 Å². The summed E-state index contributed by atoms with van der Waals surface area (Å²) in [5.74, 6) is 7.54. The van der Waals surface area contributed by atoms with Gasteiger partial charge in [-0.1, -0.05) is 18.8 Å². The fraction of sp³-hybridized carbons (Fsp3) is 0.696. The lowest BCUT2D eigenvalue weighted by atomic mass is 10.1. The predicted octanol–water partition coefficient (Wildman–Crippen LogP) is 2.58. The molecule has 0 N–H and O–H groups in total. The van der Waals surface area contributed by atoms with Crippen molar-refractivity contribution in [2.75, 3.05) is 38.1 Å². The molecule has 0 radical (unpaired) electrons. The summed E-state index contributed by atoms with van der Waals surface area (Å²) in [6.45, 7) is 10.3. The van der Waals surface area contributed by atoms with Crippen molar-refractivity contribution in [2.45, 2.75) is 71.0 Å². The Kier molecular flexibility index (Phi) is 7.63. The number of hydrogen-bond donors (Lipinski definition) is 0. The molecule has 0 amide bonds. The summed E-state index contributed by atoms with van der Waals surface area (Å²) in [4.78, 5) is 27.8. The van der Waals surface area contributed by atoms with Crippen molar-refractivity contribution in [1.29, 1.82) is 0 Å². The summed E-state index contributed by atoms with van der Waals surface area (Å²) in [6, 6.07) is 1.66. The van der Waals surface area contributed by atoms with E-state index in [-0.39, 0.29) is 0 Å². The van der Waals surface area contributed by atoms with E-state index in [1.54, 1.807) is 0 Å². The third kappa shape index (κ3) is 5.77. The lowest BCUT2D eigenvalue weighted by Gasteiger charge is -2.42. The number of piperazine rings is 1. The van der Waals surface area contributed by atoms with Crippen molar-refractivity contribution >= 4 is 11.7 Å². The topological polar surface area (TPSA) is 52.6 Å². The number of aromatic nitrogens is 2. The molecule has 2 atom stereocenters. The molecule has 3 heterocycles. The van der Waals surface area contributed by atoms with Gasteiger partial charge < -0.3 is 4.90 Å². The fourth-order valence-corrected chi connectivity index (χ4v) is 4.28. The largest absolute Gasteiger partial charge is 0.332 e. The molecule has 2 aliphatic heterocycles. The van der Waals surface area contributed by atoms with E-state index >= 15 is 0 Å². The van der Waals surface area contributed by atoms with Crippen LogP contribution in [0.3, 0.4) is 0 Å². The molecule has 1 aromatic heterocycles. The molecule has 0 spiro atoms. The zero-order valence-corrected chi connectivity index (χ0v) is 18.4. The standard InChI is InChI=1S/C23H35N5O/c1-5-22(29)9-7-13-26(4)12-6-8-19-14-24-23(25-15-19)28-20-10-11-21(28)17-27(16-20)18(2)3/h14-15,18,20-21H,5,7,9-13,16-17H2,1-4H3. The minimum atomic E-state index is 0.334. The fourth-order valence-electron chi connectivity index (χ4n) is 4.28. The Bertz CT molecular complexity index is 722. The van der Waals surface area contributed by atoms with E-state index in [0.717, 1.165) is 37.6 Å². The third-order valence-corrected chi connectivity index (χ3v) is 6.08. The summed E-state index contributed by atoms with van der Waals surface area (Å²) in [7, 11) is 2.04. The summed E-state index contributed by atoms with van der Waals surface area (Å²) in [5.41, 5.74) is 0.858. The highest BCUT2D eigenvalue weighted by atomic mass is 16.1. The van der Waals surface area contributed by atoms with Gasteiger partial charge in [-0.25, -0.2) is 9.97 Å². The van der Waals surface area contributed by atoms with Gasteiger partial charge in [0.2, 0.25) is 5.95 Å². The first kappa shape index (κ1) is 21.7. The summed E-state index contributed by atoms with van der Waals surface area (Å²) in [5, 5.41) is 0.